The van der Waals surface area contributed by atoms with Crippen molar-refractivity contribution in [3.63, 3.8) is 0 Å². The Morgan fingerprint density at radius 3 is 2.53 bits per heavy atom. The van der Waals surface area contributed by atoms with E-state index >= 15 is 0 Å². The van der Waals surface area contributed by atoms with Crippen LogP contribution >= 0.6 is 0 Å². The van der Waals surface area contributed by atoms with Crippen LogP contribution in [0.5, 0.6) is 0 Å². The Bertz CT molecular complexity index is 352. The lowest BCUT2D eigenvalue weighted by Gasteiger charge is -2.43. The van der Waals surface area contributed by atoms with E-state index in [1.165, 1.54) is 0 Å². The normalized spacial score (nSPS) is 29.5. The van der Waals surface area contributed by atoms with Crippen LogP contribution in [0.4, 0.5) is 8.78 Å². The van der Waals surface area contributed by atoms with Gasteiger partial charge >= 0.3 is 0 Å². The molecule has 1 saturated carbocycles. The van der Waals surface area contributed by atoms with E-state index < -0.39 is 12.0 Å². The molecule has 1 aromatic carbocycles. The van der Waals surface area contributed by atoms with Gasteiger partial charge in [0.1, 0.15) is 0 Å². The molecule has 94 valence electrons. The van der Waals surface area contributed by atoms with E-state index in [-0.39, 0.29) is 5.92 Å². The molecule has 0 saturated heterocycles. The SMILES string of the molecule is CNC1(C(F)F)CCCCC1c1ccccc1. The predicted molar refractivity (Wildman–Crippen MR) is 65.4 cm³/mol. The van der Waals surface area contributed by atoms with E-state index in [0.29, 0.717) is 6.42 Å². The van der Waals surface area contributed by atoms with Crippen LogP contribution in [0, 0.1) is 0 Å². The number of nitrogens with one attached hydrogen (secondary N) is 1. The third-order valence-corrected chi connectivity index (χ3v) is 4.01. The second-order valence-electron chi connectivity index (χ2n) is 4.80. The smallest absolute Gasteiger partial charge is 0.257 e. The molecule has 0 heterocycles. The molecule has 0 amide bonds. The summed E-state index contributed by atoms with van der Waals surface area (Å²) in [6.07, 6.45) is 0.998. The summed E-state index contributed by atoms with van der Waals surface area (Å²) in [7, 11) is 1.66. The molecule has 0 aromatic heterocycles. The average molecular weight is 239 g/mol. The minimum atomic E-state index is -2.32. The third-order valence-electron chi connectivity index (χ3n) is 4.01. The van der Waals surface area contributed by atoms with Crippen LogP contribution in [-0.2, 0) is 0 Å². The van der Waals surface area contributed by atoms with Gasteiger partial charge in [-0.3, -0.25) is 0 Å². The lowest BCUT2D eigenvalue weighted by Crippen LogP contribution is -2.55. The van der Waals surface area contributed by atoms with E-state index in [2.05, 4.69) is 5.32 Å². The van der Waals surface area contributed by atoms with Gasteiger partial charge in [0.25, 0.3) is 6.43 Å². The molecule has 0 aliphatic heterocycles. The third kappa shape index (κ3) is 2.21. The molecule has 17 heavy (non-hydrogen) atoms. The first-order chi connectivity index (χ1) is 8.20. The van der Waals surface area contributed by atoms with Crippen LogP contribution in [0.15, 0.2) is 30.3 Å². The second-order valence-corrected chi connectivity index (χ2v) is 4.80. The van der Waals surface area contributed by atoms with E-state index in [1.54, 1.807) is 7.05 Å². The lowest BCUT2D eigenvalue weighted by atomic mass is 9.70. The summed E-state index contributed by atoms with van der Waals surface area (Å²) in [4.78, 5) is 0. The van der Waals surface area contributed by atoms with Crippen molar-refractivity contribution in [3.8, 4) is 0 Å². The molecular formula is C14H19F2N. The van der Waals surface area contributed by atoms with Crippen molar-refractivity contribution in [1.82, 2.24) is 5.32 Å². The van der Waals surface area contributed by atoms with E-state index in [0.717, 1.165) is 24.8 Å². The molecule has 1 aromatic rings. The van der Waals surface area contributed by atoms with Crippen LogP contribution in [0.2, 0.25) is 0 Å². The van der Waals surface area contributed by atoms with Crippen molar-refractivity contribution in [3.05, 3.63) is 35.9 Å². The van der Waals surface area contributed by atoms with E-state index in [1.807, 2.05) is 30.3 Å². The van der Waals surface area contributed by atoms with Gasteiger partial charge in [0.2, 0.25) is 0 Å². The molecule has 1 fully saturated rings. The van der Waals surface area contributed by atoms with Crippen molar-refractivity contribution >= 4 is 0 Å². The van der Waals surface area contributed by atoms with Crippen molar-refractivity contribution in [2.45, 2.75) is 43.6 Å². The molecular weight excluding hydrogens is 220 g/mol. The van der Waals surface area contributed by atoms with Gasteiger partial charge in [0.05, 0.1) is 5.54 Å². The summed E-state index contributed by atoms with van der Waals surface area (Å²) < 4.78 is 26.9. The van der Waals surface area contributed by atoms with Gasteiger partial charge in [0.15, 0.2) is 0 Å². The summed E-state index contributed by atoms with van der Waals surface area (Å²) >= 11 is 0. The maximum Gasteiger partial charge on any atom is 0.257 e. The number of rotatable bonds is 3. The summed E-state index contributed by atoms with van der Waals surface area (Å²) in [5.41, 5.74) is -0.0126. The molecule has 0 radical (unpaired) electrons. The minimum Gasteiger partial charge on any atom is -0.309 e. The first kappa shape index (κ1) is 12.5. The van der Waals surface area contributed by atoms with Gasteiger partial charge in [-0.25, -0.2) is 8.78 Å². The summed E-state index contributed by atoms with van der Waals surface area (Å²) in [6.45, 7) is 0. The van der Waals surface area contributed by atoms with Gasteiger partial charge in [-0.05, 0) is 25.5 Å². The summed E-state index contributed by atoms with van der Waals surface area (Å²) in [6, 6.07) is 9.70. The average Bonchev–Trinajstić information content (AvgIpc) is 2.39. The number of benzene rings is 1. The molecule has 0 bridgehead atoms. The Kier molecular flexibility index (Phi) is 3.77. The Morgan fingerprint density at radius 2 is 1.94 bits per heavy atom. The molecule has 2 rings (SSSR count). The predicted octanol–water partition coefficient (Wildman–Crippen LogP) is 3.57. The Balaban J connectivity index is 2.35. The first-order valence-electron chi connectivity index (χ1n) is 6.22. The molecule has 1 N–H and O–H groups in total. The topological polar surface area (TPSA) is 12.0 Å². The number of halogens is 2. The molecule has 0 spiro atoms. The molecule has 3 heteroatoms. The molecule has 1 nitrogen and oxygen atoms in total. The largest absolute Gasteiger partial charge is 0.309 e. The highest BCUT2D eigenvalue weighted by molar-refractivity contribution is 5.25. The van der Waals surface area contributed by atoms with Crippen LogP contribution < -0.4 is 5.32 Å². The maximum atomic E-state index is 13.4. The van der Waals surface area contributed by atoms with Gasteiger partial charge < -0.3 is 5.32 Å². The Hall–Kier alpha value is -0.960. The Labute approximate surface area is 101 Å². The highest BCUT2D eigenvalue weighted by atomic mass is 19.3. The quantitative estimate of drug-likeness (QED) is 0.850. The molecule has 2 atom stereocenters. The fourth-order valence-electron chi connectivity index (χ4n) is 3.02. The Morgan fingerprint density at radius 1 is 1.24 bits per heavy atom. The molecule has 2 unspecified atom stereocenters. The lowest BCUT2D eigenvalue weighted by molar-refractivity contribution is -0.00278. The minimum absolute atomic E-state index is 0.0811. The van der Waals surface area contributed by atoms with E-state index in [4.69, 9.17) is 0 Å². The number of alkyl halides is 2. The summed E-state index contributed by atoms with van der Waals surface area (Å²) in [5, 5.41) is 2.92. The highest BCUT2D eigenvalue weighted by Crippen LogP contribution is 2.44. The molecule has 1 aliphatic rings. The fraction of sp³-hybridized carbons (Fsp3) is 0.571. The van der Waals surface area contributed by atoms with Crippen molar-refractivity contribution in [2.75, 3.05) is 7.05 Å². The van der Waals surface area contributed by atoms with Crippen LogP contribution in [0.3, 0.4) is 0 Å². The van der Waals surface area contributed by atoms with Crippen molar-refractivity contribution in [1.29, 1.82) is 0 Å². The van der Waals surface area contributed by atoms with Crippen LogP contribution in [0.25, 0.3) is 0 Å². The van der Waals surface area contributed by atoms with Gasteiger partial charge in [0, 0.05) is 5.92 Å². The number of hydrogen-bond acceptors (Lipinski definition) is 1. The molecule has 1 aliphatic carbocycles. The zero-order valence-electron chi connectivity index (χ0n) is 10.1. The zero-order valence-corrected chi connectivity index (χ0v) is 10.1. The second kappa shape index (κ2) is 5.13. The maximum absolute atomic E-state index is 13.4. The number of likely N-dealkylation sites (N-methyl/N-ethyl adjacent to an activating group) is 1. The fourth-order valence-corrected chi connectivity index (χ4v) is 3.02. The number of hydrogen-bond donors (Lipinski definition) is 1. The first-order valence-corrected chi connectivity index (χ1v) is 6.22. The van der Waals surface area contributed by atoms with Gasteiger partial charge in [-0.15, -0.1) is 0 Å². The van der Waals surface area contributed by atoms with Crippen molar-refractivity contribution < 1.29 is 8.78 Å². The van der Waals surface area contributed by atoms with Gasteiger partial charge in [-0.2, -0.15) is 0 Å². The van der Waals surface area contributed by atoms with Crippen molar-refractivity contribution in [2.24, 2.45) is 0 Å². The van der Waals surface area contributed by atoms with Crippen LogP contribution in [-0.4, -0.2) is 19.0 Å². The zero-order chi connectivity index (χ0) is 12.3. The van der Waals surface area contributed by atoms with Gasteiger partial charge in [-0.1, -0.05) is 43.2 Å². The monoisotopic (exact) mass is 239 g/mol. The van der Waals surface area contributed by atoms with E-state index in [9.17, 15) is 8.78 Å². The van der Waals surface area contributed by atoms with Crippen LogP contribution in [0.1, 0.15) is 37.2 Å². The highest BCUT2D eigenvalue weighted by Gasteiger charge is 2.47. The standard InChI is InChI=1S/C14H19F2N/c1-17-14(13(15)16)10-6-5-9-12(14)11-7-3-2-4-8-11/h2-4,7-8,12-13,17H,5-6,9-10H2,1H3. The summed E-state index contributed by atoms with van der Waals surface area (Å²) in [5.74, 6) is -0.0811.